The molecule has 1 N–H and O–H groups in total. The monoisotopic (exact) mass is 361 g/mol. The van der Waals surface area contributed by atoms with Gasteiger partial charge in [0, 0.05) is 17.9 Å². The molecular formula is C22H23N3O2. The number of fused-ring (bicyclic) bond motifs is 1. The van der Waals surface area contributed by atoms with Crippen LogP contribution in [0.25, 0.3) is 0 Å². The summed E-state index contributed by atoms with van der Waals surface area (Å²) in [5, 5.41) is 7.54. The van der Waals surface area contributed by atoms with Crippen LogP contribution >= 0.6 is 0 Å². The van der Waals surface area contributed by atoms with Crippen LogP contribution in [0.4, 0.5) is 5.82 Å². The molecule has 1 amide bonds. The number of amides is 1. The number of aromatic nitrogens is 2. The standard InChI is InChI=1S/C22H23N3O2/c1-15(2)27-18-10-8-17(9-11-18)19-12-21(26)24-22-20(19)13-23-25(22)14-16-6-4-3-5-7-16/h3-11,13,15,19H,12,14H2,1-2H3,(H,24,26)/t19-/m1/s1. The van der Waals surface area contributed by atoms with E-state index >= 15 is 0 Å². The summed E-state index contributed by atoms with van der Waals surface area (Å²) in [6.45, 7) is 4.64. The molecule has 0 saturated heterocycles. The van der Waals surface area contributed by atoms with Gasteiger partial charge >= 0.3 is 0 Å². The van der Waals surface area contributed by atoms with E-state index in [1.54, 1.807) is 0 Å². The predicted octanol–water partition coefficient (Wildman–Crippen LogP) is 4.19. The predicted molar refractivity (Wildman–Crippen MR) is 105 cm³/mol. The maximum absolute atomic E-state index is 12.3. The van der Waals surface area contributed by atoms with Gasteiger partial charge in [0.15, 0.2) is 0 Å². The molecule has 0 radical (unpaired) electrons. The van der Waals surface area contributed by atoms with Gasteiger partial charge in [-0.2, -0.15) is 5.10 Å². The van der Waals surface area contributed by atoms with Gasteiger partial charge in [0.1, 0.15) is 11.6 Å². The van der Waals surface area contributed by atoms with E-state index in [1.807, 2.05) is 67.2 Å². The van der Waals surface area contributed by atoms with E-state index in [0.29, 0.717) is 13.0 Å². The van der Waals surface area contributed by atoms with Crippen molar-refractivity contribution in [3.63, 3.8) is 0 Å². The number of carbonyl (C=O) groups excluding carboxylic acids is 1. The number of rotatable bonds is 5. The van der Waals surface area contributed by atoms with Crippen LogP contribution in [0.1, 0.15) is 42.9 Å². The van der Waals surface area contributed by atoms with Crippen LogP contribution in [-0.2, 0) is 11.3 Å². The van der Waals surface area contributed by atoms with Gasteiger partial charge < -0.3 is 10.1 Å². The van der Waals surface area contributed by atoms with Crippen LogP contribution in [0.2, 0.25) is 0 Å². The van der Waals surface area contributed by atoms with E-state index in [4.69, 9.17) is 4.74 Å². The fourth-order valence-electron chi connectivity index (χ4n) is 3.49. The van der Waals surface area contributed by atoms with Crippen molar-refractivity contribution < 1.29 is 9.53 Å². The smallest absolute Gasteiger partial charge is 0.226 e. The first-order valence-corrected chi connectivity index (χ1v) is 9.26. The second kappa shape index (κ2) is 7.27. The van der Waals surface area contributed by atoms with Crippen LogP contribution in [0.15, 0.2) is 60.8 Å². The Morgan fingerprint density at radius 3 is 2.59 bits per heavy atom. The minimum absolute atomic E-state index is 0.00590. The zero-order valence-electron chi connectivity index (χ0n) is 15.6. The lowest BCUT2D eigenvalue weighted by molar-refractivity contribution is -0.116. The summed E-state index contributed by atoms with van der Waals surface area (Å²) in [6.07, 6.45) is 2.44. The lowest BCUT2D eigenvalue weighted by Gasteiger charge is -2.24. The molecule has 0 spiro atoms. The largest absolute Gasteiger partial charge is 0.491 e. The van der Waals surface area contributed by atoms with Crippen molar-refractivity contribution >= 4 is 11.7 Å². The van der Waals surface area contributed by atoms with Crippen LogP contribution in [0.5, 0.6) is 5.75 Å². The van der Waals surface area contributed by atoms with Gasteiger partial charge in [-0.15, -0.1) is 0 Å². The van der Waals surface area contributed by atoms with Crippen LogP contribution in [0.3, 0.4) is 0 Å². The van der Waals surface area contributed by atoms with Crippen molar-refractivity contribution in [2.24, 2.45) is 0 Å². The fraction of sp³-hybridized carbons (Fsp3) is 0.273. The molecule has 27 heavy (non-hydrogen) atoms. The van der Waals surface area contributed by atoms with E-state index in [2.05, 4.69) is 22.5 Å². The first kappa shape index (κ1) is 17.3. The topological polar surface area (TPSA) is 56.1 Å². The molecule has 1 aromatic heterocycles. The number of hydrogen-bond acceptors (Lipinski definition) is 3. The SMILES string of the molecule is CC(C)Oc1ccc([C@H]2CC(=O)Nc3c2cnn3Cc2ccccc2)cc1. The number of nitrogens with one attached hydrogen (secondary N) is 1. The Kier molecular flexibility index (Phi) is 4.67. The zero-order chi connectivity index (χ0) is 18.8. The highest BCUT2D eigenvalue weighted by Crippen LogP contribution is 2.37. The molecule has 0 saturated carbocycles. The molecule has 5 nitrogen and oxygen atoms in total. The van der Waals surface area contributed by atoms with Gasteiger partial charge in [0.05, 0.1) is 18.8 Å². The van der Waals surface area contributed by atoms with E-state index in [-0.39, 0.29) is 17.9 Å². The maximum Gasteiger partial charge on any atom is 0.226 e. The second-order valence-electron chi connectivity index (χ2n) is 7.13. The Bertz CT molecular complexity index is 930. The van der Waals surface area contributed by atoms with E-state index in [1.165, 1.54) is 0 Å². The Hall–Kier alpha value is -3.08. The average molecular weight is 361 g/mol. The minimum Gasteiger partial charge on any atom is -0.491 e. The molecule has 1 aliphatic heterocycles. The van der Waals surface area contributed by atoms with Crippen molar-refractivity contribution in [3.8, 4) is 5.75 Å². The van der Waals surface area contributed by atoms with Crippen molar-refractivity contribution in [3.05, 3.63) is 77.5 Å². The fourth-order valence-corrected chi connectivity index (χ4v) is 3.49. The number of nitrogens with zero attached hydrogens (tertiary/aromatic N) is 2. The number of benzene rings is 2. The minimum atomic E-state index is 0.00590. The zero-order valence-corrected chi connectivity index (χ0v) is 15.6. The number of ether oxygens (including phenoxy) is 1. The number of anilines is 1. The normalized spacial score (nSPS) is 16.1. The first-order chi connectivity index (χ1) is 13.1. The summed E-state index contributed by atoms with van der Waals surface area (Å²) < 4.78 is 7.59. The van der Waals surface area contributed by atoms with Gasteiger partial charge in [0.2, 0.25) is 5.91 Å². The van der Waals surface area contributed by atoms with Crippen LogP contribution < -0.4 is 10.1 Å². The summed E-state index contributed by atoms with van der Waals surface area (Å²) in [7, 11) is 0. The molecule has 1 aliphatic rings. The van der Waals surface area contributed by atoms with Crippen molar-refractivity contribution in [2.75, 3.05) is 5.32 Å². The van der Waals surface area contributed by atoms with Gasteiger partial charge in [-0.25, -0.2) is 4.68 Å². The molecule has 2 heterocycles. The second-order valence-corrected chi connectivity index (χ2v) is 7.13. The number of carbonyl (C=O) groups is 1. The van der Waals surface area contributed by atoms with E-state index < -0.39 is 0 Å². The molecule has 0 bridgehead atoms. The summed E-state index contributed by atoms with van der Waals surface area (Å²) in [4.78, 5) is 12.3. The van der Waals surface area contributed by atoms with E-state index in [0.717, 1.165) is 28.3 Å². The lowest BCUT2D eigenvalue weighted by Crippen LogP contribution is -2.25. The summed E-state index contributed by atoms with van der Waals surface area (Å²) in [5.41, 5.74) is 3.31. The van der Waals surface area contributed by atoms with Crippen molar-refractivity contribution in [2.45, 2.75) is 38.8 Å². The molecule has 0 fully saturated rings. The lowest BCUT2D eigenvalue weighted by atomic mass is 9.87. The van der Waals surface area contributed by atoms with E-state index in [9.17, 15) is 4.79 Å². The van der Waals surface area contributed by atoms with Gasteiger partial charge in [-0.05, 0) is 37.1 Å². The Morgan fingerprint density at radius 2 is 1.89 bits per heavy atom. The molecule has 1 atom stereocenters. The summed E-state index contributed by atoms with van der Waals surface area (Å²) in [5.74, 6) is 1.66. The molecule has 3 aromatic rings. The average Bonchev–Trinajstić information content (AvgIpc) is 3.05. The van der Waals surface area contributed by atoms with Gasteiger partial charge in [0.25, 0.3) is 0 Å². The molecule has 0 unspecified atom stereocenters. The van der Waals surface area contributed by atoms with Crippen molar-refractivity contribution in [1.29, 1.82) is 0 Å². The van der Waals surface area contributed by atoms with Crippen molar-refractivity contribution in [1.82, 2.24) is 9.78 Å². The Balaban J connectivity index is 1.62. The molecule has 138 valence electrons. The third-order valence-electron chi connectivity index (χ3n) is 4.72. The number of hydrogen-bond donors (Lipinski definition) is 1. The molecule has 2 aromatic carbocycles. The van der Waals surface area contributed by atoms with Gasteiger partial charge in [-0.1, -0.05) is 42.5 Å². The highest BCUT2D eigenvalue weighted by Gasteiger charge is 2.30. The van der Waals surface area contributed by atoms with Crippen LogP contribution in [-0.4, -0.2) is 21.8 Å². The third-order valence-corrected chi connectivity index (χ3v) is 4.72. The summed E-state index contributed by atoms with van der Waals surface area (Å²) >= 11 is 0. The molecular weight excluding hydrogens is 338 g/mol. The van der Waals surface area contributed by atoms with Crippen LogP contribution in [0, 0.1) is 0 Å². The molecule has 4 rings (SSSR count). The maximum atomic E-state index is 12.3. The summed E-state index contributed by atoms with van der Waals surface area (Å²) in [6, 6.07) is 18.1. The molecule has 0 aliphatic carbocycles. The Morgan fingerprint density at radius 1 is 1.15 bits per heavy atom. The first-order valence-electron chi connectivity index (χ1n) is 9.26. The quantitative estimate of drug-likeness (QED) is 0.741. The highest BCUT2D eigenvalue weighted by atomic mass is 16.5. The Labute approximate surface area is 159 Å². The highest BCUT2D eigenvalue weighted by molar-refractivity contribution is 5.94. The van der Waals surface area contributed by atoms with Gasteiger partial charge in [-0.3, -0.25) is 4.79 Å². The third kappa shape index (κ3) is 3.72. The molecule has 5 heteroatoms.